The lowest BCUT2D eigenvalue weighted by atomic mass is 9.98. The summed E-state index contributed by atoms with van der Waals surface area (Å²) in [5.74, 6) is -3.19. The molecule has 0 saturated carbocycles. The highest BCUT2D eigenvalue weighted by Crippen LogP contribution is 2.26. The van der Waals surface area contributed by atoms with Crippen molar-refractivity contribution in [3.63, 3.8) is 0 Å². The summed E-state index contributed by atoms with van der Waals surface area (Å²) in [6.45, 7) is 5.81. The van der Waals surface area contributed by atoms with Gasteiger partial charge in [0.25, 0.3) is 0 Å². The van der Waals surface area contributed by atoms with Gasteiger partial charge in [-0.15, -0.1) is 0 Å². The highest BCUT2D eigenvalue weighted by atomic mass is 16.7. The van der Waals surface area contributed by atoms with Crippen LogP contribution in [0.2, 0.25) is 0 Å². The molecule has 6 atom stereocenters. The van der Waals surface area contributed by atoms with Gasteiger partial charge < -0.3 is 39.0 Å². The largest absolute Gasteiger partial charge is 0.479 e. The third-order valence-corrected chi connectivity index (χ3v) is 13.4. The number of esters is 3. The zero-order valence-electron chi connectivity index (χ0n) is 48.4. The highest BCUT2D eigenvalue weighted by molar-refractivity contribution is 5.74. The SMILES string of the molecule is CC/C=C\C/C=C\C/C=C\CCCCCC(=O)OC(COC(=O)CCCCCCC/C=C\CCCCCCCC)COC1OC(C(=O)O)C(O)C(O)C1OC(=O)CCCCCCCC/C=C\C/C=C\C/C=C\CCCCC. The topological polar surface area (TPSA) is 175 Å². The second kappa shape index (κ2) is 52.6. The van der Waals surface area contributed by atoms with Crippen LogP contribution in [-0.4, -0.2) is 89.2 Å². The number of aliphatic hydroxyl groups is 2. The van der Waals surface area contributed by atoms with Gasteiger partial charge in [-0.1, -0.05) is 202 Å². The zero-order chi connectivity index (χ0) is 56.1. The molecule has 1 rings (SSSR count). The third-order valence-electron chi connectivity index (χ3n) is 13.4. The summed E-state index contributed by atoms with van der Waals surface area (Å²) < 4.78 is 28.4. The van der Waals surface area contributed by atoms with Crippen LogP contribution in [0.4, 0.5) is 0 Å². The van der Waals surface area contributed by atoms with Gasteiger partial charge in [0.2, 0.25) is 0 Å². The minimum absolute atomic E-state index is 0.0387. The molecule has 0 aromatic rings. The van der Waals surface area contributed by atoms with E-state index in [2.05, 4.69) is 106 Å². The van der Waals surface area contributed by atoms with Crippen molar-refractivity contribution in [2.45, 2.75) is 289 Å². The molecule has 440 valence electrons. The molecule has 0 aromatic heterocycles. The molecule has 0 amide bonds. The normalized spacial score (nSPS) is 18.6. The quantitative estimate of drug-likeness (QED) is 0.0228. The van der Waals surface area contributed by atoms with E-state index < -0.39 is 67.3 Å². The summed E-state index contributed by atoms with van der Waals surface area (Å²) in [5.41, 5.74) is 0. The van der Waals surface area contributed by atoms with Crippen LogP contribution in [0, 0.1) is 0 Å². The van der Waals surface area contributed by atoms with E-state index in [1.54, 1.807) is 0 Å². The molecular formula is C65H108O12. The maximum Gasteiger partial charge on any atom is 0.335 e. The number of hydrogen-bond donors (Lipinski definition) is 3. The van der Waals surface area contributed by atoms with Gasteiger partial charge in [0.1, 0.15) is 18.8 Å². The van der Waals surface area contributed by atoms with Crippen molar-refractivity contribution in [3.8, 4) is 0 Å². The van der Waals surface area contributed by atoms with Crippen LogP contribution in [0.5, 0.6) is 0 Å². The first-order chi connectivity index (χ1) is 37.6. The van der Waals surface area contributed by atoms with Crippen molar-refractivity contribution in [2.24, 2.45) is 0 Å². The number of ether oxygens (including phenoxy) is 5. The number of allylic oxidation sites excluding steroid dienone is 14. The van der Waals surface area contributed by atoms with Crippen LogP contribution in [0.1, 0.15) is 252 Å². The number of hydrogen-bond acceptors (Lipinski definition) is 11. The Balaban J connectivity index is 2.69. The fourth-order valence-electron chi connectivity index (χ4n) is 8.74. The van der Waals surface area contributed by atoms with E-state index in [-0.39, 0.29) is 25.9 Å². The van der Waals surface area contributed by atoms with Crippen LogP contribution in [0.15, 0.2) is 85.1 Å². The molecule has 1 saturated heterocycles. The minimum Gasteiger partial charge on any atom is -0.479 e. The summed E-state index contributed by atoms with van der Waals surface area (Å²) in [7, 11) is 0. The van der Waals surface area contributed by atoms with Crippen molar-refractivity contribution in [2.75, 3.05) is 13.2 Å². The van der Waals surface area contributed by atoms with Crippen molar-refractivity contribution < 1.29 is 58.2 Å². The summed E-state index contributed by atoms with van der Waals surface area (Å²) in [5, 5.41) is 31.5. The van der Waals surface area contributed by atoms with E-state index in [4.69, 9.17) is 23.7 Å². The van der Waals surface area contributed by atoms with E-state index in [1.165, 1.54) is 64.2 Å². The monoisotopic (exact) mass is 1080 g/mol. The lowest BCUT2D eigenvalue weighted by Gasteiger charge is -2.40. The Kier molecular flexibility index (Phi) is 48.4. The first kappa shape index (κ1) is 70.9. The van der Waals surface area contributed by atoms with Crippen molar-refractivity contribution in [1.82, 2.24) is 0 Å². The molecule has 1 aliphatic rings. The fraction of sp³-hybridized carbons (Fsp3) is 0.723. The van der Waals surface area contributed by atoms with Gasteiger partial charge >= 0.3 is 23.9 Å². The first-order valence-corrected chi connectivity index (χ1v) is 30.6. The summed E-state index contributed by atoms with van der Waals surface area (Å²) >= 11 is 0. The molecular weight excluding hydrogens is 973 g/mol. The minimum atomic E-state index is -1.92. The molecule has 12 nitrogen and oxygen atoms in total. The first-order valence-electron chi connectivity index (χ1n) is 30.6. The Hall–Kier alpha value is -4.10. The number of rotatable bonds is 51. The maximum absolute atomic E-state index is 13.1. The molecule has 77 heavy (non-hydrogen) atoms. The molecule has 0 spiro atoms. The van der Waals surface area contributed by atoms with E-state index in [9.17, 15) is 34.5 Å². The predicted octanol–water partition coefficient (Wildman–Crippen LogP) is 15.9. The van der Waals surface area contributed by atoms with Gasteiger partial charge in [0.05, 0.1) is 6.61 Å². The van der Waals surface area contributed by atoms with Gasteiger partial charge in [0, 0.05) is 19.3 Å². The van der Waals surface area contributed by atoms with Crippen molar-refractivity contribution >= 4 is 23.9 Å². The summed E-state index contributed by atoms with van der Waals surface area (Å²) in [6, 6.07) is 0. The molecule has 0 bridgehead atoms. The van der Waals surface area contributed by atoms with Gasteiger partial charge in [-0.05, 0) is 116 Å². The van der Waals surface area contributed by atoms with Crippen LogP contribution < -0.4 is 0 Å². The number of carbonyl (C=O) groups excluding carboxylic acids is 3. The van der Waals surface area contributed by atoms with Crippen LogP contribution in [0.25, 0.3) is 0 Å². The number of carboxylic acids is 1. The Morgan fingerprint density at radius 2 is 0.818 bits per heavy atom. The molecule has 6 unspecified atom stereocenters. The van der Waals surface area contributed by atoms with Crippen LogP contribution >= 0.6 is 0 Å². The average molecular weight is 1080 g/mol. The summed E-state index contributed by atoms with van der Waals surface area (Å²) in [6.07, 6.45) is 55.5. The Labute approximate surface area is 467 Å². The average Bonchev–Trinajstić information content (AvgIpc) is 3.42. The second-order valence-electron chi connectivity index (χ2n) is 20.6. The molecule has 0 aromatic carbocycles. The second-order valence-corrected chi connectivity index (χ2v) is 20.6. The third kappa shape index (κ3) is 42.5. The highest BCUT2D eigenvalue weighted by Gasteiger charge is 2.50. The number of unbranched alkanes of at least 4 members (excludes halogenated alkanes) is 23. The predicted molar refractivity (Wildman–Crippen MR) is 312 cm³/mol. The van der Waals surface area contributed by atoms with Gasteiger partial charge in [0.15, 0.2) is 24.6 Å². The number of carbonyl (C=O) groups is 4. The molecule has 1 aliphatic heterocycles. The van der Waals surface area contributed by atoms with E-state index >= 15 is 0 Å². The molecule has 1 fully saturated rings. The van der Waals surface area contributed by atoms with Crippen molar-refractivity contribution in [3.05, 3.63) is 85.1 Å². The zero-order valence-corrected chi connectivity index (χ0v) is 48.4. The van der Waals surface area contributed by atoms with Gasteiger partial charge in [-0.25, -0.2) is 4.79 Å². The number of carboxylic acid groups (broad SMARTS) is 1. The van der Waals surface area contributed by atoms with E-state index in [0.29, 0.717) is 19.3 Å². The van der Waals surface area contributed by atoms with Crippen LogP contribution in [-0.2, 0) is 42.9 Å². The maximum atomic E-state index is 13.1. The number of aliphatic hydroxyl groups excluding tert-OH is 2. The Morgan fingerprint density at radius 1 is 0.442 bits per heavy atom. The number of aliphatic carboxylic acids is 1. The van der Waals surface area contributed by atoms with E-state index in [0.717, 1.165) is 128 Å². The Morgan fingerprint density at radius 3 is 1.30 bits per heavy atom. The molecule has 0 radical (unpaired) electrons. The lowest BCUT2D eigenvalue weighted by molar-refractivity contribution is -0.301. The van der Waals surface area contributed by atoms with Crippen molar-refractivity contribution in [1.29, 1.82) is 0 Å². The fourth-order valence-corrected chi connectivity index (χ4v) is 8.74. The van der Waals surface area contributed by atoms with Crippen LogP contribution in [0.3, 0.4) is 0 Å². The van der Waals surface area contributed by atoms with Gasteiger partial charge in [-0.3, -0.25) is 14.4 Å². The summed E-state index contributed by atoms with van der Waals surface area (Å²) in [4.78, 5) is 51.2. The molecule has 12 heteroatoms. The standard InChI is InChI=1S/C65H108O12/c1-4-7-10-13-16-19-22-25-27-28-29-30-32-35-38-41-44-47-50-53-59(68)76-63-61(70)60(69)62(64(71)72)77-65(63)74-55-56(75-58(67)52-49-46-43-40-37-33-24-21-18-15-12-9-6-3)54-73-57(66)51-48-45-42-39-36-34-31-26-23-20-17-14-11-8-5-2/h9,12,16,18-19,21,25-27,29-31,33,37,56,60-63,65,69-70H,4-8,10-11,13-15,17,20,22-24,28,32,34-36,38-55H2,1-3H3,(H,71,72)/b12-9-,19-16-,21-18-,27-25-,30-29-,31-26-,37-33-. The molecule has 0 aliphatic carbocycles. The van der Waals surface area contributed by atoms with Gasteiger partial charge in [-0.2, -0.15) is 0 Å². The molecule has 3 N–H and O–H groups in total. The smallest absolute Gasteiger partial charge is 0.335 e. The molecule has 1 heterocycles. The Bertz CT molecular complexity index is 1660. The van der Waals surface area contributed by atoms with E-state index in [1.807, 2.05) is 0 Å². The lowest BCUT2D eigenvalue weighted by Crippen LogP contribution is -2.61.